The van der Waals surface area contributed by atoms with Gasteiger partial charge in [-0.3, -0.25) is 4.79 Å². The molecule has 1 rings (SSSR count). The van der Waals surface area contributed by atoms with Crippen LogP contribution in [0, 0.1) is 6.92 Å². The van der Waals surface area contributed by atoms with Crippen molar-refractivity contribution in [3.63, 3.8) is 0 Å². The lowest BCUT2D eigenvalue weighted by atomic mass is 10.1. The van der Waals surface area contributed by atoms with Gasteiger partial charge in [0.25, 0.3) is 5.91 Å². The maximum atomic E-state index is 12.5. The second kappa shape index (κ2) is 7.43. The van der Waals surface area contributed by atoms with Crippen molar-refractivity contribution in [3.8, 4) is 0 Å². The van der Waals surface area contributed by atoms with Crippen molar-refractivity contribution in [2.24, 2.45) is 0 Å². The van der Waals surface area contributed by atoms with Crippen LogP contribution in [0.2, 0.25) is 0 Å². The highest BCUT2D eigenvalue weighted by molar-refractivity contribution is 7.98. The molecule has 0 saturated carbocycles. The number of rotatable bonds is 6. The van der Waals surface area contributed by atoms with E-state index in [1.807, 2.05) is 44.1 Å². The topological polar surface area (TPSA) is 32.3 Å². The van der Waals surface area contributed by atoms with Crippen molar-refractivity contribution in [1.29, 1.82) is 0 Å². The van der Waals surface area contributed by atoms with Crippen molar-refractivity contribution in [3.05, 3.63) is 29.3 Å². The van der Waals surface area contributed by atoms with E-state index in [1.54, 1.807) is 11.8 Å². The Morgan fingerprint density at radius 2 is 2.16 bits per heavy atom. The predicted octanol–water partition coefficient (Wildman–Crippen LogP) is 3.25. The minimum absolute atomic E-state index is 0.103. The largest absolute Gasteiger partial charge is 0.388 e. The third-order valence-electron chi connectivity index (χ3n) is 3.44. The van der Waals surface area contributed by atoms with Crippen LogP contribution in [0.3, 0.4) is 0 Å². The van der Waals surface area contributed by atoms with Crippen LogP contribution in [0.25, 0.3) is 0 Å². The Morgan fingerprint density at radius 1 is 1.47 bits per heavy atom. The van der Waals surface area contributed by atoms with Gasteiger partial charge in [-0.25, -0.2) is 0 Å². The summed E-state index contributed by atoms with van der Waals surface area (Å²) in [6.45, 7) is 4.14. The summed E-state index contributed by atoms with van der Waals surface area (Å²) < 4.78 is 0. The van der Waals surface area contributed by atoms with Gasteiger partial charge >= 0.3 is 0 Å². The Balaban J connectivity index is 2.90. The molecular formula is C15H24N2OS. The Bertz CT molecular complexity index is 434. The van der Waals surface area contributed by atoms with Crippen LogP contribution in [-0.4, -0.2) is 43.0 Å². The Kier molecular flexibility index (Phi) is 6.22. The van der Waals surface area contributed by atoms with Crippen molar-refractivity contribution < 1.29 is 4.79 Å². The third kappa shape index (κ3) is 3.90. The average molecular weight is 280 g/mol. The monoisotopic (exact) mass is 280 g/mol. The molecule has 0 aliphatic carbocycles. The van der Waals surface area contributed by atoms with E-state index in [0.29, 0.717) is 6.04 Å². The highest BCUT2D eigenvalue weighted by Crippen LogP contribution is 2.18. The minimum Gasteiger partial charge on any atom is -0.388 e. The van der Waals surface area contributed by atoms with Gasteiger partial charge in [0, 0.05) is 37.1 Å². The zero-order chi connectivity index (χ0) is 14.4. The first kappa shape index (κ1) is 15.9. The standard InChI is InChI=1S/C15H24N2OS/c1-6-13(10-19-5)17(4)15(18)12-7-8-14(16-3)11(2)9-12/h7-9,13,16H,6,10H2,1-5H3. The number of amides is 1. The number of anilines is 1. The summed E-state index contributed by atoms with van der Waals surface area (Å²) in [5.74, 6) is 1.08. The van der Waals surface area contributed by atoms with E-state index < -0.39 is 0 Å². The van der Waals surface area contributed by atoms with Gasteiger partial charge in [-0.2, -0.15) is 11.8 Å². The highest BCUT2D eigenvalue weighted by atomic mass is 32.2. The predicted molar refractivity (Wildman–Crippen MR) is 85.3 cm³/mol. The smallest absolute Gasteiger partial charge is 0.253 e. The van der Waals surface area contributed by atoms with E-state index in [0.717, 1.165) is 29.0 Å². The molecule has 1 N–H and O–H groups in total. The number of benzene rings is 1. The van der Waals surface area contributed by atoms with E-state index in [-0.39, 0.29) is 5.91 Å². The molecule has 1 unspecified atom stereocenters. The van der Waals surface area contributed by atoms with Crippen molar-refractivity contribution in [2.45, 2.75) is 26.3 Å². The van der Waals surface area contributed by atoms with Crippen molar-refractivity contribution in [2.75, 3.05) is 31.4 Å². The summed E-state index contributed by atoms with van der Waals surface area (Å²) in [4.78, 5) is 14.3. The van der Waals surface area contributed by atoms with Crippen LogP contribution in [0.4, 0.5) is 5.69 Å². The van der Waals surface area contributed by atoms with E-state index in [1.165, 1.54) is 0 Å². The zero-order valence-corrected chi connectivity index (χ0v) is 13.3. The number of hydrogen-bond donors (Lipinski definition) is 1. The van der Waals surface area contributed by atoms with Crippen molar-refractivity contribution >= 4 is 23.4 Å². The number of nitrogens with one attached hydrogen (secondary N) is 1. The molecule has 1 atom stereocenters. The number of hydrogen-bond acceptors (Lipinski definition) is 3. The fourth-order valence-corrected chi connectivity index (χ4v) is 2.99. The molecule has 0 aromatic heterocycles. The van der Waals surface area contributed by atoms with Crippen LogP contribution < -0.4 is 5.32 Å². The summed E-state index contributed by atoms with van der Waals surface area (Å²) in [6.07, 6.45) is 3.06. The summed E-state index contributed by atoms with van der Waals surface area (Å²) in [6, 6.07) is 6.11. The maximum Gasteiger partial charge on any atom is 0.253 e. The summed E-state index contributed by atoms with van der Waals surface area (Å²) in [7, 11) is 3.79. The molecule has 0 heterocycles. The first-order chi connectivity index (χ1) is 9.04. The number of thioether (sulfide) groups is 1. The van der Waals surface area contributed by atoms with Gasteiger partial charge < -0.3 is 10.2 Å². The van der Waals surface area contributed by atoms with Gasteiger partial charge in [-0.05, 0) is 43.4 Å². The summed E-state index contributed by atoms with van der Waals surface area (Å²) in [5, 5.41) is 3.12. The van der Waals surface area contributed by atoms with Crippen LogP contribution in [0.5, 0.6) is 0 Å². The Hall–Kier alpha value is -1.16. The zero-order valence-electron chi connectivity index (χ0n) is 12.5. The summed E-state index contributed by atoms with van der Waals surface area (Å²) in [5.41, 5.74) is 2.92. The molecule has 0 aliphatic heterocycles. The average Bonchev–Trinajstić information content (AvgIpc) is 2.43. The molecule has 3 nitrogen and oxygen atoms in total. The van der Waals surface area contributed by atoms with Crippen LogP contribution >= 0.6 is 11.8 Å². The Morgan fingerprint density at radius 3 is 2.63 bits per heavy atom. The quantitative estimate of drug-likeness (QED) is 0.868. The third-order valence-corrected chi connectivity index (χ3v) is 4.16. The molecule has 1 aromatic carbocycles. The fraction of sp³-hybridized carbons (Fsp3) is 0.533. The van der Waals surface area contributed by atoms with E-state index >= 15 is 0 Å². The lowest BCUT2D eigenvalue weighted by Gasteiger charge is -2.27. The second-order valence-corrected chi connectivity index (χ2v) is 5.62. The van der Waals surface area contributed by atoms with Gasteiger partial charge in [-0.15, -0.1) is 0 Å². The van der Waals surface area contributed by atoms with Gasteiger partial charge in [0.15, 0.2) is 0 Å². The number of carbonyl (C=O) groups excluding carboxylic acids is 1. The highest BCUT2D eigenvalue weighted by Gasteiger charge is 2.19. The van der Waals surface area contributed by atoms with Crippen LogP contribution in [-0.2, 0) is 0 Å². The van der Waals surface area contributed by atoms with Crippen molar-refractivity contribution in [1.82, 2.24) is 4.90 Å². The van der Waals surface area contributed by atoms with Gasteiger partial charge in [-0.1, -0.05) is 6.92 Å². The van der Waals surface area contributed by atoms with E-state index in [4.69, 9.17) is 0 Å². The number of aryl methyl sites for hydroxylation is 1. The number of carbonyl (C=O) groups is 1. The van der Waals surface area contributed by atoms with Crippen LogP contribution in [0.1, 0.15) is 29.3 Å². The van der Waals surface area contributed by atoms with Crippen LogP contribution in [0.15, 0.2) is 18.2 Å². The minimum atomic E-state index is 0.103. The molecule has 0 spiro atoms. The van der Waals surface area contributed by atoms with E-state index in [9.17, 15) is 4.79 Å². The molecule has 19 heavy (non-hydrogen) atoms. The van der Waals surface area contributed by atoms with Gasteiger partial charge in [0.2, 0.25) is 0 Å². The molecule has 1 aromatic rings. The van der Waals surface area contributed by atoms with Gasteiger partial charge in [0.05, 0.1) is 0 Å². The molecule has 106 valence electrons. The molecule has 1 amide bonds. The molecular weight excluding hydrogens is 256 g/mol. The molecule has 0 saturated heterocycles. The Labute approximate surface area is 120 Å². The fourth-order valence-electron chi connectivity index (χ4n) is 2.14. The lowest BCUT2D eigenvalue weighted by molar-refractivity contribution is 0.0743. The van der Waals surface area contributed by atoms with Gasteiger partial charge in [0.1, 0.15) is 0 Å². The molecule has 0 fully saturated rings. The second-order valence-electron chi connectivity index (χ2n) is 4.71. The molecule has 0 aliphatic rings. The molecule has 4 heteroatoms. The molecule has 0 radical (unpaired) electrons. The first-order valence-corrected chi connectivity index (χ1v) is 7.99. The molecule has 0 bridgehead atoms. The first-order valence-electron chi connectivity index (χ1n) is 6.59. The number of nitrogens with zero attached hydrogens (tertiary/aromatic N) is 1. The van der Waals surface area contributed by atoms with E-state index in [2.05, 4.69) is 18.5 Å². The lowest BCUT2D eigenvalue weighted by Crippen LogP contribution is -2.38. The SMILES string of the molecule is CCC(CSC)N(C)C(=O)c1ccc(NC)c(C)c1. The summed E-state index contributed by atoms with van der Waals surface area (Å²) >= 11 is 1.78. The maximum absolute atomic E-state index is 12.5. The normalized spacial score (nSPS) is 12.1.